The van der Waals surface area contributed by atoms with Crippen molar-refractivity contribution in [3.05, 3.63) is 70.6 Å². The highest BCUT2D eigenvalue weighted by Crippen LogP contribution is 2.44. The number of carbonyl (C=O) groups is 1. The van der Waals surface area contributed by atoms with E-state index in [1.165, 1.54) is 0 Å². The van der Waals surface area contributed by atoms with Gasteiger partial charge in [-0.25, -0.2) is 22.1 Å². The predicted octanol–water partition coefficient (Wildman–Crippen LogP) is 3.51. The van der Waals surface area contributed by atoms with E-state index in [-0.39, 0.29) is 27.9 Å². The molecule has 2 aromatic carbocycles. The van der Waals surface area contributed by atoms with Crippen molar-refractivity contribution in [3.63, 3.8) is 0 Å². The number of carbonyl (C=O) groups excluding carboxylic acids is 1. The topological polar surface area (TPSA) is 59.5 Å². The molecule has 0 spiro atoms. The smallest absolute Gasteiger partial charge is 0.203 e. The fourth-order valence-electron chi connectivity index (χ4n) is 4.74. The standard InChI is InChI=1S/C26H18F4N2O3/c27-22-20(21(26(33)34)23(28)25(30)24(22)29)19-15-5-3-13(31-7-1-8-31)11-17(15)35-18-12-14(4-6-16(18)19)32-9-2-10-32/h3-6,11-12H,1-2,7-10H2. The van der Waals surface area contributed by atoms with Gasteiger partial charge in [0, 0.05) is 58.5 Å². The quantitative estimate of drug-likeness (QED) is 0.148. The summed E-state index contributed by atoms with van der Waals surface area (Å²) in [6.45, 7) is 3.40. The molecule has 0 N–H and O–H groups in total. The summed E-state index contributed by atoms with van der Waals surface area (Å²) in [5.41, 5.74) is -1.07. The minimum atomic E-state index is -2.21. The van der Waals surface area contributed by atoms with Crippen LogP contribution in [0.3, 0.4) is 0 Å². The second kappa shape index (κ2) is 7.83. The highest BCUT2D eigenvalue weighted by atomic mass is 19.2. The largest absolute Gasteiger partial charge is 0.545 e. The molecule has 2 aromatic rings. The molecule has 0 amide bonds. The molecule has 178 valence electrons. The molecule has 0 aromatic heterocycles. The number of fused-ring (bicyclic) bond motifs is 2. The molecule has 0 radical (unpaired) electrons. The molecule has 0 unspecified atom stereocenters. The fraction of sp³-hybridized carbons (Fsp3) is 0.231. The predicted molar refractivity (Wildman–Crippen MR) is 119 cm³/mol. The summed E-state index contributed by atoms with van der Waals surface area (Å²) < 4.78 is 66.5. The average molecular weight is 482 g/mol. The van der Waals surface area contributed by atoms with Crippen LogP contribution in [0.15, 0.2) is 40.8 Å². The number of hydrogen-bond donors (Lipinski definition) is 0. The van der Waals surface area contributed by atoms with Crippen LogP contribution in [-0.4, -0.2) is 32.1 Å². The van der Waals surface area contributed by atoms with Gasteiger partial charge in [-0.3, -0.25) is 0 Å². The molecule has 5 nitrogen and oxygen atoms in total. The second-order valence-electron chi connectivity index (χ2n) is 8.81. The zero-order valence-corrected chi connectivity index (χ0v) is 18.3. The van der Waals surface area contributed by atoms with Crippen LogP contribution in [0, 0.1) is 23.3 Å². The summed E-state index contributed by atoms with van der Waals surface area (Å²) >= 11 is 0. The summed E-state index contributed by atoms with van der Waals surface area (Å²) in [4.78, 5) is 13.9. The maximum absolute atomic E-state index is 15.2. The Balaban J connectivity index is 1.76. The monoisotopic (exact) mass is 482 g/mol. The minimum Gasteiger partial charge on any atom is -0.545 e. The number of halogens is 4. The van der Waals surface area contributed by atoms with Crippen LogP contribution in [-0.2, 0) is 0 Å². The third-order valence-electron chi connectivity index (χ3n) is 6.85. The van der Waals surface area contributed by atoms with Crippen LogP contribution in [0.4, 0.5) is 23.2 Å². The van der Waals surface area contributed by atoms with Crippen molar-refractivity contribution < 1.29 is 31.9 Å². The van der Waals surface area contributed by atoms with Crippen molar-refractivity contribution in [2.24, 2.45) is 0 Å². The van der Waals surface area contributed by atoms with Gasteiger partial charge < -0.3 is 19.2 Å². The Kier molecular flexibility index (Phi) is 4.84. The van der Waals surface area contributed by atoms with E-state index in [0.717, 1.165) is 50.1 Å². The molecule has 2 fully saturated rings. The zero-order valence-electron chi connectivity index (χ0n) is 18.3. The number of carboxylic acid groups (broad SMARTS) is 1. The van der Waals surface area contributed by atoms with Gasteiger partial charge in [-0.2, -0.15) is 0 Å². The third-order valence-corrected chi connectivity index (χ3v) is 6.85. The lowest BCUT2D eigenvalue weighted by Crippen LogP contribution is -2.40. The fourth-order valence-corrected chi connectivity index (χ4v) is 4.74. The first-order valence-electron chi connectivity index (χ1n) is 11.3. The molecule has 0 atom stereocenters. The normalized spacial score (nSPS) is 15.4. The van der Waals surface area contributed by atoms with E-state index in [0.29, 0.717) is 0 Å². The molecule has 35 heavy (non-hydrogen) atoms. The summed E-state index contributed by atoms with van der Waals surface area (Å²) in [5.74, 6) is -10.0. The number of aromatic carboxylic acids is 1. The van der Waals surface area contributed by atoms with Gasteiger partial charge in [-0.15, -0.1) is 0 Å². The first kappa shape index (κ1) is 21.6. The molecule has 3 aliphatic heterocycles. The van der Waals surface area contributed by atoms with E-state index in [1.54, 1.807) is 36.4 Å². The summed E-state index contributed by atoms with van der Waals surface area (Å²) in [6.07, 6.45) is 2.07. The highest BCUT2D eigenvalue weighted by Gasteiger charge is 2.31. The summed E-state index contributed by atoms with van der Waals surface area (Å²) in [6, 6.07) is 10.1. The van der Waals surface area contributed by atoms with E-state index in [2.05, 4.69) is 9.48 Å². The Morgan fingerprint density at radius 1 is 0.886 bits per heavy atom. The van der Waals surface area contributed by atoms with Gasteiger partial charge in [0.1, 0.15) is 24.4 Å². The Hall–Kier alpha value is -3.88. The van der Waals surface area contributed by atoms with Crippen LogP contribution in [0.1, 0.15) is 23.2 Å². The molecule has 9 heteroatoms. The van der Waals surface area contributed by atoms with E-state index in [1.807, 2.05) is 0 Å². The maximum Gasteiger partial charge on any atom is 0.203 e. The number of nitrogens with zero attached hydrogens (tertiary/aromatic N) is 2. The SMILES string of the molecule is O=C([O-])c1c(F)c(F)c(F)c(F)c1-c1c2ccc(=[N+]3CCC3)cc-2oc2cc(N3CCC3)ccc12. The number of benzene rings is 3. The molecule has 2 saturated heterocycles. The van der Waals surface area contributed by atoms with Crippen molar-refractivity contribution in [2.45, 2.75) is 12.8 Å². The average Bonchev–Trinajstić information content (AvgIpc) is 2.76. The van der Waals surface area contributed by atoms with Crippen molar-refractivity contribution in [2.75, 3.05) is 31.1 Å². The van der Waals surface area contributed by atoms with E-state index in [9.17, 15) is 23.1 Å². The van der Waals surface area contributed by atoms with E-state index < -0.39 is 40.4 Å². The van der Waals surface area contributed by atoms with Gasteiger partial charge in [-0.1, -0.05) is 0 Å². The van der Waals surface area contributed by atoms with Gasteiger partial charge in [0.25, 0.3) is 0 Å². The van der Waals surface area contributed by atoms with Crippen molar-refractivity contribution >= 4 is 22.6 Å². The molecular weight excluding hydrogens is 464 g/mol. The number of carboxylic acids is 1. The molecule has 0 saturated carbocycles. The first-order valence-corrected chi connectivity index (χ1v) is 11.3. The van der Waals surface area contributed by atoms with Crippen molar-refractivity contribution in [1.29, 1.82) is 0 Å². The van der Waals surface area contributed by atoms with Gasteiger partial charge >= 0.3 is 0 Å². The van der Waals surface area contributed by atoms with Gasteiger partial charge in [-0.05, 0) is 24.6 Å². The summed E-state index contributed by atoms with van der Waals surface area (Å²) in [7, 11) is 0. The number of rotatable bonds is 3. The number of hydrogen-bond acceptors (Lipinski definition) is 4. The van der Waals surface area contributed by atoms with E-state index in [4.69, 9.17) is 4.42 Å². The molecule has 4 aliphatic rings. The Labute approximate surface area is 196 Å². The Morgan fingerprint density at radius 2 is 1.63 bits per heavy atom. The lowest BCUT2D eigenvalue weighted by Gasteiger charge is -2.33. The van der Waals surface area contributed by atoms with Gasteiger partial charge in [0.05, 0.1) is 18.5 Å². The lowest BCUT2D eigenvalue weighted by atomic mass is 9.89. The van der Waals surface area contributed by atoms with Crippen LogP contribution >= 0.6 is 0 Å². The Morgan fingerprint density at radius 3 is 2.26 bits per heavy atom. The van der Waals surface area contributed by atoms with Crippen LogP contribution in [0.5, 0.6) is 0 Å². The molecule has 3 heterocycles. The minimum absolute atomic E-state index is 0.110. The van der Waals surface area contributed by atoms with Gasteiger partial charge in [0.2, 0.25) is 5.36 Å². The van der Waals surface area contributed by atoms with Crippen LogP contribution in [0.2, 0.25) is 0 Å². The maximum atomic E-state index is 15.2. The second-order valence-corrected chi connectivity index (χ2v) is 8.81. The number of anilines is 1. The van der Waals surface area contributed by atoms with Crippen LogP contribution < -0.4 is 19.9 Å². The van der Waals surface area contributed by atoms with Gasteiger partial charge in [0.15, 0.2) is 23.3 Å². The Bertz CT molecular complexity index is 1580. The van der Waals surface area contributed by atoms with Crippen molar-refractivity contribution in [1.82, 2.24) is 4.58 Å². The summed E-state index contributed by atoms with van der Waals surface area (Å²) in [5, 5.41) is 12.9. The molecule has 1 aliphatic carbocycles. The highest BCUT2D eigenvalue weighted by molar-refractivity contribution is 6.07. The lowest BCUT2D eigenvalue weighted by molar-refractivity contribution is -0.255. The first-order chi connectivity index (χ1) is 16.8. The van der Waals surface area contributed by atoms with Crippen molar-refractivity contribution in [3.8, 4) is 22.5 Å². The van der Waals surface area contributed by atoms with Crippen LogP contribution in [0.25, 0.3) is 33.4 Å². The zero-order chi connectivity index (χ0) is 24.4. The molecule has 0 bridgehead atoms. The molecule has 6 rings (SSSR count). The van der Waals surface area contributed by atoms with E-state index >= 15 is 4.39 Å². The molecular formula is C26H18F4N2O3. The third kappa shape index (κ3) is 3.21.